The largest absolute Gasteiger partial charge is 0.354 e. The summed E-state index contributed by atoms with van der Waals surface area (Å²) in [4.78, 5) is 14.3. The Hall–Kier alpha value is -6.46. The second-order valence-corrected chi connectivity index (χ2v) is 17.9. The molecule has 0 aliphatic carbocycles. The SMILES string of the molecule is Cc1cccc(-n2c(-c3cccc4c3[nH]c3ccccc34)nc3c(-c4ccc5c6c(C(C)(C)C)cc(C(C)(C)C)cc6n(-c6ccccn6)c5c4)cc(C)cc32)c1. The highest BCUT2D eigenvalue weighted by atomic mass is 15.1. The number of aromatic amines is 1. The van der Waals surface area contributed by atoms with Gasteiger partial charge < -0.3 is 4.98 Å². The monoisotopic (exact) mass is 741 g/mol. The fraction of sp³-hybridized carbons (Fsp3) is 0.192. The van der Waals surface area contributed by atoms with Gasteiger partial charge in [0.05, 0.1) is 27.6 Å². The van der Waals surface area contributed by atoms with Gasteiger partial charge >= 0.3 is 0 Å². The maximum Gasteiger partial charge on any atom is 0.147 e. The number of nitrogens with zero attached hydrogens (tertiary/aromatic N) is 4. The van der Waals surface area contributed by atoms with Crippen molar-refractivity contribution in [3.8, 4) is 34.0 Å². The van der Waals surface area contributed by atoms with E-state index in [9.17, 15) is 0 Å². The Bertz CT molecular complexity index is 3210. The van der Waals surface area contributed by atoms with Crippen molar-refractivity contribution < 1.29 is 0 Å². The van der Waals surface area contributed by atoms with E-state index in [1.165, 1.54) is 49.3 Å². The van der Waals surface area contributed by atoms with Gasteiger partial charge in [-0.1, -0.05) is 108 Å². The topological polar surface area (TPSA) is 51.4 Å². The van der Waals surface area contributed by atoms with Crippen LogP contribution in [0.1, 0.15) is 63.8 Å². The predicted octanol–water partition coefficient (Wildman–Crippen LogP) is 13.7. The molecule has 1 N–H and O–H groups in total. The average molecular weight is 742 g/mol. The van der Waals surface area contributed by atoms with Gasteiger partial charge in [-0.2, -0.15) is 0 Å². The average Bonchev–Trinajstić information content (AvgIpc) is 3.86. The quantitative estimate of drug-likeness (QED) is 0.195. The van der Waals surface area contributed by atoms with Crippen molar-refractivity contribution in [2.24, 2.45) is 0 Å². The first-order chi connectivity index (χ1) is 27.3. The molecule has 0 saturated heterocycles. The lowest BCUT2D eigenvalue weighted by Crippen LogP contribution is -2.17. The number of pyridine rings is 1. The van der Waals surface area contributed by atoms with Crippen LogP contribution in [0.2, 0.25) is 0 Å². The first-order valence-electron chi connectivity index (χ1n) is 20.0. The van der Waals surface area contributed by atoms with Crippen molar-refractivity contribution >= 4 is 54.6 Å². The van der Waals surface area contributed by atoms with E-state index in [4.69, 9.17) is 9.97 Å². The third-order valence-electron chi connectivity index (χ3n) is 11.7. The van der Waals surface area contributed by atoms with Crippen LogP contribution in [0.4, 0.5) is 0 Å². The third-order valence-corrected chi connectivity index (χ3v) is 11.7. The van der Waals surface area contributed by atoms with Crippen LogP contribution in [-0.4, -0.2) is 24.1 Å². The predicted molar refractivity (Wildman–Crippen MR) is 240 cm³/mol. The van der Waals surface area contributed by atoms with E-state index in [2.05, 4.69) is 191 Å². The van der Waals surface area contributed by atoms with Crippen molar-refractivity contribution in [1.82, 2.24) is 24.1 Å². The number of rotatable bonds is 4. The third kappa shape index (κ3) is 5.59. The Morgan fingerprint density at radius 1 is 0.561 bits per heavy atom. The molecular formula is C52H47N5. The van der Waals surface area contributed by atoms with Crippen LogP contribution in [0.5, 0.6) is 0 Å². The molecule has 0 unspecified atom stereocenters. The molecule has 0 bridgehead atoms. The molecule has 6 aromatic carbocycles. The number of hydrogen-bond acceptors (Lipinski definition) is 2. The molecule has 57 heavy (non-hydrogen) atoms. The maximum atomic E-state index is 5.64. The van der Waals surface area contributed by atoms with Gasteiger partial charge in [-0.3, -0.25) is 9.13 Å². The molecule has 10 rings (SSSR count). The molecule has 0 saturated carbocycles. The Labute approximate surface area is 333 Å². The van der Waals surface area contributed by atoms with Crippen LogP contribution in [0.25, 0.3) is 88.7 Å². The fourth-order valence-electron chi connectivity index (χ4n) is 8.88. The molecule has 0 radical (unpaired) electrons. The van der Waals surface area contributed by atoms with Gasteiger partial charge in [0.25, 0.3) is 0 Å². The minimum absolute atomic E-state index is 0.0249. The molecule has 5 nitrogen and oxygen atoms in total. The summed E-state index contributed by atoms with van der Waals surface area (Å²) < 4.78 is 4.73. The van der Waals surface area contributed by atoms with E-state index >= 15 is 0 Å². The lowest BCUT2D eigenvalue weighted by atomic mass is 9.78. The number of para-hydroxylation sites is 2. The number of H-pyrrole nitrogens is 1. The van der Waals surface area contributed by atoms with Crippen molar-refractivity contribution in [2.75, 3.05) is 0 Å². The minimum atomic E-state index is -0.0724. The summed E-state index contributed by atoms with van der Waals surface area (Å²) in [7, 11) is 0. The zero-order valence-corrected chi connectivity index (χ0v) is 34.0. The zero-order chi connectivity index (χ0) is 39.4. The van der Waals surface area contributed by atoms with Gasteiger partial charge in [-0.15, -0.1) is 0 Å². The van der Waals surface area contributed by atoms with Gasteiger partial charge in [-0.25, -0.2) is 9.97 Å². The van der Waals surface area contributed by atoms with E-state index in [-0.39, 0.29) is 10.8 Å². The molecule has 4 aromatic heterocycles. The summed E-state index contributed by atoms with van der Waals surface area (Å²) >= 11 is 0. The van der Waals surface area contributed by atoms with Gasteiger partial charge in [0.15, 0.2) is 0 Å². The first-order valence-corrected chi connectivity index (χ1v) is 20.0. The molecule has 0 spiro atoms. The number of nitrogens with one attached hydrogen (secondary N) is 1. The van der Waals surface area contributed by atoms with Crippen molar-refractivity contribution in [2.45, 2.75) is 66.2 Å². The molecule has 10 aromatic rings. The van der Waals surface area contributed by atoms with E-state index in [0.717, 1.165) is 61.6 Å². The molecule has 0 aliphatic heterocycles. The number of aromatic nitrogens is 5. The summed E-state index contributed by atoms with van der Waals surface area (Å²) in [5.41, 5.74) is 15.9. The Kier molecular flexibility index (Phi) is 7.69. The van der Waals surface area contributed by atoms with E-state index < -0.39 is 0 Å². The Morgan fingerprint density at radius 3 is 2.12 bits per heavy atom. The number of hydrogen-bond donors (Lipinski definition) is 1. The molecule has 0 amide bonds. The summed E-state index contributed by atoms with van der Waals surface area (Å²) in [5, 5.41) is 4.92. The zero-order valence-electron chi connectivity index (χ0n) is 34.0. The van der Waals surface area contributed by atoms with Crippen LogP contribution in [0, 0.1) is 13.8 Å². The summed E-state index contributed by atoms with van der Waals surface area (Å²) in [5.74, 6) is 1.82. The van der Waals surface area contributed by atoms with E-state index in [0.29, 0.717) is 0 Å². The summed E-state index contributed by atoms with van der Waals surface area (Å²) in [6, 6.07) is 46.5. The van der Waals surface area contributed by atoms with Crippen molar-refractivity contribution in [3.05, 3.63) is 156 Å². The van der Waals surface area contributed by atoms with Crippen LogP contribution >= 0.6 is 0 Å². The van der Waals surface area contributed by atoms with Crippen LogP contribution in [0.15, 0.2) is 134 Å². The highest BCUT2D eigenvalue weighted by molar-refractivity contribution is 6.14. The molecule has 5 heteroatoms. The first kappa shape index (κ1) is 35.0. The second-order valence-electron chi connectivity index (χ2n) is 17.9. The number of aryl methyl sites for hydroxylation is 2. The second kappa shape index (κ2) is 12.5. The lowest BCUT2D eigenvalue weighted by Gasteiger charge is -2.26. The van der Waals surface area contributed by atoms with Crippen LogP contribution in [-0.2, 0) is 10.8 Å². The van der Waals surface area contributed by atoms with Gasteiger partial charge in [-0.05, 0) is 113 Å². The van der Waals surface area contributed by atoms with E-state index in [1.807, 2.05) is 12.3 Å². The molecule has 0 aliphatic rings. The maximum absolute atomic E-state index is 5.64. The number of imidazole rings is 1. The van der Waals surface area contributed by atoms with Gasteiger partial charge in [0.1, 0.15) is 11.6 Å². The minimum Gasteiger partial charge on any atom is -0.354 e. The standard InChI is InChI=1S/C52H47N5/c1-31-15-13-16-35(25-31)56-45-27-32(2)26-40(49(45)55-50(56)39-19-14-18-37-36-17-9-10-20-42(36)54-48(37)39)33-22-23-38-43(28-33)57(46-21-11-12-24-53-46)44-30-34(51(3,4)5)29-41(47(38)44)52(6,7)8/h9-30,54H,1-8H3. The smallest absolute Gasteiger partial charge is 0.147 e. The van der Waals surface area contributed by atoms with Crippen LogP contribution in [0.3, 0.4) is 0 Å². The molecule has 280 valence electrons. The van der Waals surface area contributed by atoms with E-state index in [1.54, 1.807) is 0 Å². The van der Waals surface area contributed by atoms with Crippen LogP contribution < -0.4 is 0 Å². The fourth-order valence-corrected chi connectivity index (χ4v) is 8.88. The molecule has 4 heterocycles. The number of benzene rings is 6. The van der Waals surface area contributed by atoms with Gasteiger partial charge in [0, 0.05) is 50.1 Å². The Morgan fingerprint density at radius 2 is 1.35 bits per heavy atom. The van der Waals surface area contributed by atoms with Crippen molar-refractivity contribution in [1.29, 1.82) is 0 Å². The molecule has 0 fully saturated rings. The lowest BCUT2D eigenvalue weighted by molar-refractivity contribution is 0.573. The molecular weight excluding hydrogens is 695 g/mol. The summed E-state index contributed by atoms with van der Waals surface area (Å²) in [6.07, 6.45) is 1.90. The molecule has 0 atom stereocenters. The normalized spacial score (nSPS) is 12.6. The Balaban J connectivity index is 1.30. The summed E-state index contributed by atoms with van der Waals surface area (Å²) in [6.45, 7) is 18.2. The van der Waals surface area contributed by atoms with Crippen molar-refractivity contribution in [3.63, 3.8) is 0 Å². The van der Waals surface area contributed by atoms with Gasteiger partial charge in [0.2, 0.25) is 0 Å². The highest BCUT2D eigenvalue weighted by Crippen LogP contribution is 2.44. The highest BCUT2D eigenvalue weighted by Gasteiger charge is 2.27. The number of fused-ring (bicyclic) bond motifs is 7.